The maximum atomic E-state index is 12.5. The Bertz CT molecular complexity index is 735. The predicted molar refractivity (Wildman–Crippen MR) is 113 cm³/mol. The molecule has 2 rings (SSSR count). The summed E-state index contributed by atoms with van der Waals surface area (Å²) in [4.78, 5) is 20.1. The maximum Gasteiger partial charge on any atom is 0.254 e. The van der Waals surface area contributed by atoms with Crippen molar-refractivity contribution in [1.82, 2.24) is 9.97 Å². The zero-order valence-corrected chi connectivity index (χ0v) is 17.1. The Morgan fingerprint density at radius 3 is 2.22 bits per heavy atom. The van der Waals surface area contributed by atoms with Gasteiger partial charge in [0.1, 0.15) is 11.6 Å². The van der Waals surface area contributed by atoms with Crippen molar-refractivity contribution < 1.29 is 4.74 Å². The van der Waals surface area contributed by atoms with E-state index in [1.807, 2.05) is 31.2 Å². The van der Waals surface area contributed by atoms with Crippen LogP contribution < -0.4 is 10.3 Å². The van der Waals surface area contributed by atoms with Gasteiger partial charge < -0.3 is 9.72 Å². The summed E-state index contributed by atoms with van der Waals surface area (Å²) in [5, 5.41) is 0. The summed E-state index contributed by atoms with van der Waals surface area (Å²) < 4.78 is 5.78. The number of hydrogen-bond donors (Lipinski definition) is 1. The summed E-state index contributed by atoms with van der Waals surface area (Å²) in [6.45, 7) is 7.08. The Morgan fingerprint density at radius 1 is 0.926 bits per heavy atom. The van der Waals surface area contributed by atoms with Crippen molar-refractivity contribution in [3.63, 3.8) is 0 Å². The summed E-state index contributed by atoms with van der Waals surface area (Å²) in [7, 11) is 0. The van der Waals surface area contributed by atoms with Crippen molar-refractivity contribution >= 4 is 0 Å². The molecule has 4 nitrogen and oxygen atoms in total. The molecule has 1 heterocycles. The van der Waals surface area contributed by atoms with Crippen LogP contribution in [0.2, 0.25) is 0 Å². The topological polar surface area (TPSA) is 55.0 Å². The van der Waals surface area contributed by atoms with Gasteiger partial charge in [-0.15, -0.1) is 0 Å². The van der Waals surface area contributed by atoms with E-state index in [0.717, 1.165) is 54.9 Å². The van der Waals surface area contributed by atoms with Gasteiger partial charge in [-0.1, -0.05) is 52.4 Å². The summed E-state index contributed by atoms with van der Waals surface area (Å²) >= 11 is 0. The van der Waals surface area contributed by atoms with Gasteiger partial charge >= 0.3 is 0 Å². The molecule has 0 unspecified atom stereocenters. The van der Waals surface area contributed by atoms with Gasteiger partial charge in [-0.3, -0.25) is 4.79 Å². The number of unbranched alkanes of at least 4 members (excludes halogenated alkanes) is 6. The smallest absolute Gasteiger partial charge is 0.254 e. The predicted octanol–water partition coefficient (Wildman–Crippen LogP) is 5.83. The van der Waals surface area contributed by atoms with Gasteiger partial charge in [-0.2, -0.15) is 0 Å². The van der Waals surface area contributed by atoms with E-state index in [9.17, 15) is 4.79 Å². The fraction of sp³-hybridized carbons (Fsp3) is 0.565. The first-order valence-electron chi connectivity index (χ1n) is 10.5. The Morgan fingerprint density at radius 2 is 1.59 bits per heavy atom. The maximum absolute atomic E-state index is 12.5. The minimum atomic E-state index is -0.00903. The lowest BCUT2D eigenvalue weighted by atomic mass is 10.1. The molecule has 0 spiro atoms. The summed E-state index contributed by atoms with van der Waals surface area (Å²) in [6.07, 6.45) is 10.2. The molecule has 1 aromatic carbocycles. The third-order valence-corrected chi connectivity index (χ3v) is 4.90. The molecule has 0 amide bonds. The molecule has 4 heteroatoms. The lowest BCUT2D eigenvalue weighted by molar-refractivity contribution is 0.305. The average Bonchev–Trinajstić information content (AvgIpc) is 2.67. The van der Waals surface area contributed by atoms with Crippen LogP contribution in [0.5, 0.6) is 5.75 Å². The van der Waals surface area contributed by atoms with Crippen molar-refractivity contribution in [2.45, 2.75) is 78.6 Å². The molecule has 1 N–H and O–H groups in total. The second-order valence-electron chi connectivity index (χ2n) is 7.22. The highest BCUT2D eigenvalue weighted by molar-refractivity contribution is 5.56. The zero-order chi connectivity index (χ0) is 19.5. The number of hydrogen-bond acceptors (Lipinski definition) is 3. The van der Waals surface area contributed by atoms with E-state index in [2.05, 4.69) is 23.8 Å². The van der Waals surface area contributed by atoms with E-state index in [1.54, 1.807) is 0 Å². The van der Waals surface area contributed by atoms with Crippen LogP contribution in [0.15, 0.2) is 29.1 Å². The second kappa shape index (κ2) is 11.6. The molecule has 0 aliphatic heterocycles. The van der Waals surface area contributed by atoms with Gasteiger partial charge in [-0.05, 0) is 50.5 Å². The van der Waals surface area contributed by atoms with E-state index in [4.69, 9.17) is 4.74 Å². The molecule has 1 aromatic heterocycles. The van der Waals surface area contributed by atoms with E-state index in [-0.39, 0.29) is 5.56 Å². The summed E-state index contributed by atoms with van der Waals surface area (Å²) in [6, 6.07) is 7.81. The van der Waals surface area contributed by atoms with Gasteiger partial charge in [0.05, 0.1) is 6.61 Å². The number of nitrogens with zero attached hydrogens (tertiary/aromatic N) is 1. The molecule has 0 atom stereocenters. The molecule has 148 valence electrons. The second-order valence-corrected chi connectivity index (χ2v) is 7.22. The molecule has 0 bridgehead atoms. The van der Waals surface area contributed by atoms with Crippen LogP contribution in [0, 0.1) is 6.92 Å². The van der Waals surface area contributed by atoms with Crippen molar-refractivity contribution in [3.8, 4) is 17.1 Å². The molecule has 0 aliphatic carbocycles. The first-order chi connectivity index (χ1) is 13.2. The number of aromatic amines is 1. The lowest BCUT2D eigenvalue weighted by Gasteiger charge is -2.09. The lowest BCUT2D eigenvalue weighted by Crippen LogP contribution is -2.17. The Labute approximate surface area is 163 Å². The molecule has 0 aliphatic rings. The summed E-state index contributed by atoms with van der Waals surface area (Å²) in [5.74, 6) is 1.49. The van der Waals surface area contributed by atoms with Crippen molar-refractivity contribution in [1.29, 1.82) is 0 Å². The third-order valence-electron chi connectivity index (χ3n) is 4.90. The number of aromatic nitrogens is 2. The van der Waals surface area contributed by atoms with Crippen molar-refractivity contribution in [3.05, 3.63) is 45.9 Å². The van der Waals surface area contributed by atoms with Crippen LogP contribution in [0.3, 0.4) is 0 Å². The zero-order valence-electron chi connectivity index (χ0n) is 17.1. The van der Waals surface area contributed by atoms with E-state index < -0.39 is 0 Å². The van der Waals surface area contributed by atoms with Gasteiger partial charge in [0.2, 0.25) is 0 Å². The highest BCUT2D eigenvalue weighted by atomic mass is 16.5. The highest BCUT2D eigenvalue weighted by Gasteiger charge is 2.09. The molecule has 0 saturated carbocycles. The van der Waals surface area contributed by atoms with Crippen LogP contribution in [0.4, 0.5) is 0 Å². The quantitative estimate of drug-likeness (QED) is 0.478. The van der Waals surface area contributed by atoms with E-state index >= 15 is 0 Å². The SMILES string of the molecule is CCCCCCOc1ccc(-c2nc(C)c(CCCCCC)c(=O)[nH]2)cc1. The number of rotatable bonds is 12. The minimum absolute atomic E-state index is 0.00903. The largest absolute Gasteiger partial charge is 0.494 e. The molecule has 0 fully saturated rings. The van der Waals surface area contributed by atoms with Crippen molar-refractivity contribution in [2.24, 2.45) is 0 Å². The first-order valence-corrected chi connectivity index (χ1v) is 10.5. The molecular weight excluding hydrogens is 336 g/mol. The summed E-state index contributed by atoms with van der Waals surface area (Å²) in [5.41, 5.74) is 2.56. The highest BCUT2D eigenvalue weighted by Crippen LogP contribution is 2.20. The number of ether oxygens (including phenoxy) is 1. The fourth-order valence-electron chi connectivity index (χ4n) is 3.20. The monoisotopic (exact) mass is 370 g/mol. The van der Waals surface area contributed by atoms with Crippen molar-refractivity contribution in [2.75, 3.05) is 6.61 Å². The Hall–Kier alpha value is -2.10. The Balaban J connectivity index is 1.98. The van der Waals surface area contributed by atoms with Crippen LogP contribution in [-0.4, -0.2) is 16.6 Å². The van der Waals surface area contributed by atoms with Gasteiger partial charge in [0, 0.05) is 16.8 Å². The molecule has 0 saturated heterocycles. The number of nitrogens with one attached hydrogen (secondary N) is 1. The average molecular weight is 371 g/mol. The van der Waals surface area contributed by atoms with Crippen LogP contribution in [0.1, 0.15) is 76.5 Å². The van der Waals surface area contributed by atoms with Gasteiger partial charge in [-0.25, -0.2) is 4.98 Å². The number of aryl methyl sites for hydroxylation is 1. The van der Waals surface area contributed by atoms with Crippen LogP contribution in [0.25, 0.3) is 11.4 Å². The first kappa shape index (κ1) is 21.2. The van der Waals surface area contributed by atoms with E-state index in [1.165, 1.54) is 32.1 Å². The number of benzene rings is 1. The molecule has 2 aromatic rings. The van der Waals surface area contributed by atoms with E-state index in [0.29, 0.717) is 5.82 Å². The van der Waals surface area contributed by atoms with Crippen LogP contribution >= 0.6 is 0 Å². The molecule has 27 heavy (non-hydrogen) atoms. The third kappa shape index (κ3) is 6.85. The van der Waals surface area contributed by atoms with Crippen LogP contribution in [-0.2, 0) is 6.42 Å². The Kier molecular flexibility index (Phi) is 9.09. The standard InChI is InChI=1S/C23H34N2O2/c1-4-6-8-10-12-21-18(3)24-22(25-23(21)26)19-13-15-20(16-14-19)27-17-11-9-7-5-2/h13-16H,4-12,17H2,1-3H3,(H,24,25,26). The fourth-order valence-corrected chi connectivity index (χ4v) is 3.20. The molecule has 0 radical (unpaired) electrons. The van der Waals surface area contributed by atoms with Gasteiger partial charge in [0.25, 0.3) is 5.56 Å². The normalized spacial score (nSPS) is 10.9. The number of H-pyrrole nitrogens is 1. The minimum Gasteiger partial charge on any atom is -0.494 e. The van der Waals surface area contributed by atoms with Gasteiger partial charge in [0.15, 0.2) is 0 Å². The molecular formula is C23H34N2O2.